The van der Waals surface area contributed by atoms with Crippen LogP contribution in [0.15, 0.2) is 106 Å². The van der Waals surface area contributed by atoms with E-state index in [1.54, 1.807) is 12.2 Å². The average molecular weight is 687 g/mol. The van der Waals surface area contributed by atoms with E-state index in [4.69, 9.17) is 33.3 Å². The summed E-state index contributed by atoms with van der Waals surface area (Å²) in [6, 6.07) is 0. The van der Waals surface area contributed by atoms with Crippen molar-refractivity contribution in [1.29, 1.82) is 0 Å². The molecule has 46 heavy (non-hydrogen) atoms. The van der Waals surface area contributed by atoms with Gasteiger partial charge in [0.1, 0.15) is 28.0 Å². The number of carbonyl (C=O) groups is 3. The van der Waals surface area contributed by atoms with Crippen LogP contribution < -0.4 is 5.32 Å². The first-order chi connectivity index (χ1) is 21.9. The first-order valence-corrected chi connectivity index (χ1v) is 17.0. The molecular formula is C36H47ClN2O5S2. The smallest absolute Gasteiger partial charge is 0.303 e. The Morgan fingerprint density at radius 1 is 1.15 bits per heavy atom. The van der Waals surface area contributed by atoms with Crippen LogP contribution in [0.4, 0.5) is 0 Å². The lowest BCUT2D eigenvalue weighted by Crippen LogP contribution is -2.39. The number of halogens is 1. The zero-order valence-corrected chi connectivity index (χ0v) is 30.3. The number of thiocarbonyl (C=S) groups is 1. The van der Waals surface area contributed by atoms with Crippen LogP contribution >= 0.6 is 35.6 Å². The van der Waals surface area contributed by atoms with Gasteiger partial charge in [0, 0.05) is 25.1 Å². The highest BCUT2D eigenvalue weighted by atomic mass is 35.5. The van der Waals surface area contributed by atoms with E-state index in [0.29, 0.717) is 33.7 Å². The summed E-state index contributed by atoms with van der Waals surface area (Å²) in [6.07, 6.45) is 26.6. The maximum Gasteiger partial charge on any atom is 0.303 e. The number of hydrogen-bond acceptors (Lipinski definition) is 7. The molecule has 0 aromatic carbocycles. The van der Waals surface area contributed by atoms with Crippen molar-refractivity contribution in [1.82, 2.24) is 10.2 Å². The van der Waals surface area contributed by atoms with Gasteiger partial charge in [-0.15, -0.1) is 0 Å². The van der Waals surface area contributed by atoms with Crippen molar-refractivity contribution in [2.45, 2.75) is 79.8 Å². The maximum atomic E-state index is 12.9. The van der Waals surface area contributed by atoms with Gasteiger partial charge in [-0.05, 0) is 71.6 Å². The average Bonchev–Trinajstić information content (AvgIpc) is 3.16. The molecule has 0 saturated carbocycles. The van der Waals surface area contributed by atoms with Gasteiger partial charge in [-0.1, -0.05) is 109 Å². The van der Waals surface area contributed by atoms with Crippen LogP contribution in [0.1, 0.15) is 74.1 Å². The first-order valence-electron chi connectivity index (χ1n) is 15.3. The molecule has 0 spiro atoms. The third-order valence-electron chi connectivity index (χ3n) is 5.78. The van der Waals surface area contributed by atoms with Crippen molar-refractivity contribution in [3.63, 3.8) is 0 Å². The summed E-state index contributed by atoms with van der Waals surface area (Å²) in [7, 11) is 0. The summed E-state index contributed by atoms with van der Waals surface area (Å²) >= 11 is 12.1. The topological polar surface area (TPSA) is 84.9 Å². The Morgan fingerprint density at radius 2 is 1.87 bits per heavy atom. The normalized spacial score (nSPS) is 17.4. The Morgan fingerprint density at radius 3 is 2.52 bits per heavy atom. The predicted octanol–water partition coefficient (Wildman–Crippen LogP) is 8.89. The molecule has 2 amide bonds. The van der Waals surface area contributed by atoms with Gasteiger partial charge in [0.2, 0.25) is 5.91 Å². The van der Waals surface area contributed by atoms with E-state index >= 15 is 0 Å². The summed E-state index contributed by atoms with van der Waals surface area (Å²) in [5, 5.41) is 2.89. The minimum atomic E-state index is -0.328. The second-order valence-corrected chi connectivity index (χ2v) is 12.8. The van der Waals surface area contributed by atoms with Crippen molar-refractivity contribution in [2.24, 2.45) is 0 Å². The molecule has 1 N–H and O–H groups in total. The van der Waals surface area contributed by atoms with E-state index in [1.807, 2.05) is 90.2 Å². The number of thioether (sulfide) groups is 1. The van der Waals surface area contributed by atoms with E-state index in [0.717, 1.165) is 24.8 Å². The van der Waals surface area contributed by atoms with Gasteiger partial charge in [0.15, 0.2) is 0 Å². The fourth-order valence-electron chi connectivity index (χ4n) is 3.91. The molecule has 0 bridgehead atoms. The summed E-state index contributed by atoms with van der Waals surface area (Å²) in [5.41, 5.74) is 3.47. The van der Waals surface area contributed by atoms with Crippen LogP contribution in [0, 0.1) is 0 Å². The molecule has 3 aliphatic rings. The number of allylic oxidation sites excluding steroid dienone is 14. The quantitative estimate of drug-likeness (QED) is 0.0808. The van der Waals surface area contributed by atoms with E-state index in [-0.39, 0.29) is 29.9 Å². The number of rotatable bonds is 10. The maximum absolute atomic E-state index is 12.9. The largest absolute Gasteiger partial charge is 0.460 e. The minimum absolute atomic E-state index is 0.0909. The Balaban J connectivity index is 0.000000922. The molecule has 0 aromatic heterocycles. The summed E-state index contributed by atoms with van der Waals surface area (Å²) < 4.78 is 11.1. The van der Waals surface area contributed by atoms with Crippen molar-refractivity contribution in [2.75, 3.05) is 13.1 Å². The molecule has 0 radical (unpaired) electrons. The van der Waals surface area contributed by atoms with Gasteiger partial charge in [0.05, 0.1) is 4.91 Å². The molecular weight excluding hydrogens is 640 g/mol. The van der Waals surface area contributed by atoms with E-state index in [9.17, 15) is 14.4 Å². The lowest BCUT2D eigenvalue weighted by Gasteiger charge is -2.17. The standard InChI is InChI=1S/C28H29ClN2O3S2.C6H12O2.C2H6/c1-21(9-7-17-29)15-16-23-13-6-14-24(34-23)19-25-27(33)31(28(35)36-25)20-26(32)30-18-8-12-22-10-4-2-3-5-11-22;1-5(7)8-6(2,3)4;1-2/h2-5,7,9-10,13-17,19H,6,8,11-12,18,20H2,1H3,(H,30,32);1-4H3;1-2H3/b16-15+,17-7+,21-9-,25-19-;;. The third kappa shape index (κ3) is 17.3. The monoisotopic (exact) mass is 686 g/mol. The molecule has 0 aromatic rings. The highest BCUT2D eigenvalue weighted by Gasteiger charge is 2.33. The third-order valence-corrected chi connectivity index (χ3v) is 7.31. The molecule has 2 aliphatic heterocycles. The number of nitrogens with one attached hydrogen (secondary N) is 1. The van der Waals surface area contributed by atoms with Crippen molar-refractivity contribution in [3.8, 4) is 0 Å². The number of carbonyl (C=O) groups excluding carboxylic acids is 3. The molecule has 0 atom stereocenters. The molecule has 7 nitrogen and oxygen atoms in total. The summed E-state index contributed by atoms with van der Waals surface area (Å²) in [4.78, 5) is 37.3. The van der Waals surface area contributed by atoms with Crippen LogP contribution in [-0.4, -0.2) is 45.7 Å². The Kier molecular flexibility index (Phi) is 19.6. The van der Waals surface area contributed by atoms with Gasteiger partial charge in [-0.2, -0.15) is 0 Å². The predicted molar refractivity (Wildman–Crippen MR) is 196 cm³/mol. The number of amides is 2. The van der Waals surface area contributed by atoms with Gasteiger partial charge in [0.25, 0.3) is 5.91 Å². The molecule has 1 saturated heterocycles. The van der Waals surface area contributed by atoms with E-state index in [1.165, 1.54) is 34.7 Å². The molecule has 1 aliphatic carbocycles. The SMILES string of the molecule is CC.CC(=C/C=C/Cl)/C=C/C1=CCC=C(/C=C2\SC(=S)N(CC(=O)NCCCC3=CC=CC=CC3)C2=O)O1.CC(=O)OC(C)(C)C. The Bertz CT molecular complexity index is 1360. The number of hydrogen-bond donors (Lipinski definition) is 1. The lowest BCUT2D eigenvalue weighted by molar-refractivity contribution is -0.151. The van der Waals surface area contributed by atoms with Crippen LogP contribution in [0.3, 0.4) is 0 Å². The fraction of sp³-hybridized carbons (Fsp3) is 0.389. The zero-order valence-electron chi connectivity index (χ0n) is 27.9. The number of ether oxygens (including phenoxy) is 2. The van der Waals surface area contributed by atoms with Gasteiger partial charge in [-0.3, -0.25) is 19.3 Å². The minimum Gasteiger partial charge on any atom is -0.460 e. The van der Waals surface area contributed by atoms with Gasteiger partial charge >= 0.3 is 5.97 Å². The van der Waals surface area contributed by atoms with Crippen LogP contribution in [-0.2, 0) is 23.9 Å². The highest BCUT2D eigenvalue weighted by Crippen LogP contribution is 2.33. The Labute approximate surface area is 289 Å². The van der Waals surface area contributed by atoms with Crippen LogP contribution in [0.5, 0.6) is 0 Å². The molecule has 10 heteroatoms. The molecule has 3 rings (SSSR count). The molecule has 250 valence electrons. The zero-order chi connectivity index (χ0) is 34.5. The lowest BCUT2D eigenvalue weighted by atomic mass is 10.1. The fourth-order valence-corrected chi connectivity index (χ4v) is 5.21. The second kappa shape index (κ2) is 22.2. The van der Waals surface area contributed by atoms with E-state index in [2.05, 4.69) is 17.5 Å². The highest BCUT2D eigenvalue weighted by molar-refractivity contribution is 8.26. The molecule has 0 unspecified atom stereocenters. The first kappa shape index (κ1) is 40.6. The summed E-state index contributed by atoms with van der Waals surface area (Å²) in [6.45, 7) is 13.4. The van der Waals surface area contributed by atoms with Gasteiger partial charge < -0.3 is 14.8 Å². The summed E-state index contributed by atoms with van der Waals surface area (Å²) in [5.74, 6) is 0.524. The van der Waals surface area contributed by atoms with E-state index < -0.39 is 0 Å². The number of esters is 1. The molecule has 2 heterocycles. The number of nitrogens with zero attached hydrogens (tertiary/aromatic N) is 1. The molecule has 1 fully saturated rings. The van der Waals surface area contributed by atoms with Crippen molar-refractivity contribution in [3.05, 3.63) is 106 Å². The van der Waals surface area contributed by atoms with Crippen molar-refractivity contribution < 1.29 is 23.9 Å². The second-order valence-electron chi connectivity index (χ2n) is 10.9. The van der Waals surface area contributed by atoms with Crippen LogP contribution in [0.2, 0.25) is 0 Å². The van der Waals surface area contributed by atoms with Crippen LogP contribution in [0.25, 0.3) is 0 Å². The Hall–Kier alpha value is -3.40. The van der Waals surface area contributed by atoms with Gasteiger partial charge in [-0.25, -0.2) is 0 Å². The van der Waals surface area contributed by atoms with Crippen molar-refractivity contribution >= 4 is 57.7 Å².